The summed E-state index contributed by atoms with van der Waals surface area (Å²) < 4.78 is 29.7. The molecule has 0 heterocycles. The average molecular weight is 652 g/mol. The normalized spacial score (nSPS) is 14.3. The Balaban J connectivity index is 1.57. The standard InChI is InChI=1S/C39H45N3O4S/c1-29-19-22-33(23-20-29)27-41(37(26-32-13-7-4-8-14-32)39(44)40-34-15-9-5-10-16-34)38(43)28-42(36-24-21-30(2)25-31(36)3)47(45,46)35-17-11-6-12-18-35/h4,6-8,11-14,17-25,34,37H,5,9-10,15-16,26-28H2,1-3H3,(H,40,44). The van der Waals surface area contributed by atoms with Gasteiger partial charge in [-0.25, -0.2) is 8.42 Å². The molecule has 1 N–H and O–H groups in total. The van der Waals surface area contributed by atoms with Crippen LogP contribution in [0.15, 0.2) is 108 Å². The van der Waals surface area contributed by atoms with E-state index in [0.29, 0.717) is 12.1 Å². The van der Waals surface area contributed by atoms with E-state index in [2.05, 4.69) is 5.32 Å². The highest BCUT2D eigenvalue weighted by Gasteiger charge is 2.35. The van der Waals surface area contributed by atoms with Crippen LogP contribution in [0.4, 0.5) is 5.69 Å². The van der Waals surface area contributed by atoms with E-state index in [1.807, 2.05) is 87.5 Å². The summed E-state index contributed by atoms with van der Waals surface area (Å²) in [5, 5.41) is 3.26. The van der Waals surface area contributed by atoms with Crippen LogP contribution >= 0.6 is 0 Å². The van der Waals surface area contributed by atoms with Gasteiger partial charge in [-0.2, -0.15) is 0 Å². The molecule has 1 saturated carbocycles. The van der Waals surface area contributed by atoms with Gasteiger partial charge in [-0.15, -0.1) is 0 Å². The second-order valence-corrected chi connectivity index (χ2v) is 14.5. The van der Waals surface area contributed by atoms with Crippen molar-refractivity contribution in [2.75, 3.05) is 10.8 Å². The molecule has 8 heteroatoms. The van der Waals surface area contributed by atoms with Crippen LogP contribution in [0.1, 0.15) is 59.9 Å². The number of rotatable bonds is 12. The van der Waals surface area contributed by atoms with Crippen LogP contribution < -0.4 is 9.62 Å². The molecule has 5 rings (SSSR count). The molecule has 0 radical (unpaired) electrons. The molecule has 1 aliphatic carbocycles. The van der Waals surface area contributed by atoms with Crippen molar-refractivity contribution in [3.05, 3.63) is 131 Å². The molecule has 0 saturated heterocycles. The summed E-state index contributed by atoms with van der Waals surface area (Å²) >= 11 is 0. The minimum atomic E-state index is -4.14. The molecule has 7 nitrogen and oxygen atoms in total. The minimum Gasteiger partial charge on any atom is -0.352 e. The van der Waals surface area contributed by atoms with Crippen molar-refractivity contribution < 1.29 is 18.0 Å². The van der Waals surface area contributed by atoms with Crippen molar-refractivity contribution in [3.63, 3.8) is 0 Å². The SMILES string of the molecule is Cc1ccc(CN(C(=O)CN(c2ccc(C)cc2C)S(=O)(=O)c2ccccc2)C(Cc2ccccc2)C(=O)NC2CCCCC2)cc1. The number of hydrogen-bond acceptors (Lipinski definition) is 4. The largest absolute Gasteiger partial charge is 0.352 e. The molecule has 0 aromatic heterocycles. The van der Waals surface area contributed by atoms with Gasteiger partial charge in [0.15, 0.2) is 0 Å². The van der Waals surface area contributed by atoms with Crippen molar-refractivity contribution >= 4 is 27.5 Å². The summed E-state index contributed by atoms with van der Waals surface area (Å²) in [6.45, 7) is 5.48. The second kappa shape index (κ2) is 15.4. The smallest absolute Gasteiger partial charge is 0.264 e. The summed E-state index contributed by atoms with van der Waals surface area (Å²) in [7, 11) is -4.14. The van der Waals surface area contributed by atoms with E-state index in [0.717, 1.165) is 59.9 Å². The Morgan fingerprint density at radius 3 is 2.02 bits per heavy atom. The van der Waals surface area contributed by atoms with Gasteiger partial charge in [-0.1, -0.05) is 115 Å². The third kappa shape index (κ3) is 8.69. The second-order valence-electron chi connectivity index (χ2n) is 12.7. The van der Waals surface area contributed by atoms with E-state index in [1.54, 1.807) is 29.2 Å². The van der Waals surface area contributed by atoms with Crippen molar-refractivity contribution in [2.24, 2.45) is 0 Å². The number of hydrogen-bond donors (Lipinski definition) is 1. The predicted molar refractivity (Wildman–Crippen MR) is 188 cm³/mol. The maximum Gasteiger partial charge on any atom is 0.264 e. The molecule has 1 unspecified atom stereocenters. The number of carbonyl (C=O) groups excluding carboxylic acids is 2. The minimum absolute atomic E-state index is 0.0519. The molecule has 47 heavy (non-hydrogen) atoms. The number of benzene rings is 4. The van der Waals surface area contributed by atoms with Crippen molar-refractivity contribution in [1.29, 1.82) is 0 Å². The highest BCUT2D eigenvalue weighted by atomic mass is 32.2. The van der Waals surface area contributed by atoms with Gasteiger partial charge in [0.05, 0.1) is 10.6 Å². The molecule has 0 aliphatic heterocycles. The maximum atomic E-state index is 14.7. The number of nitrogens with one attached hydrogen (secondary N) is 1. The number of aryl methyl sites for hydroxylation is 3. The van der Waals surface area contributed by atoms with Gasteiger partial charge >= 0.3 is 0 Å². The molecular weight excluding hydrogens is 607 g/mol. The highest BCUT2D eigenvalue weighted by Crippen LogP contribution is 2.29. The summed E-state index contributed by atoms with van der Waals surface area (Å²) in [5.41, 5.74) is 5.00. The highest BCUT2D eigenvalue weighted by molar-refractivity contribution is 7.92. The summed E-state index contributed by atoms with van der Waals surface area (Å²) in [5.74, 6) is -0.671. The van der Waals surface area contributed by atoms with Crippen LogP contribution in [0, 0.1) is 20.8 Å². The van der Waals surface area contributed by atoms with Gasteiger partial charge in [0.1, 0.15) is 12.6 Å². The monoisotopic (exact) mass is 651 g/mol. The average Bonchev–Trinajstić information content (AvgIpc) is 3.07. The van der Waals surface area contributed by atoms with Crippen LogP contribution in [0.25, 0.3) is 0 Å². The fourth-order valence-electron chi connectivity index (χ4n) is 6.31. The van der Waals surface area contributed by atoms with Gasteiger partial charge in [0, 0.05) is 19.0 Å². The van der Waals surface area contributed by atoms with E-state index < -0.39 is 28.5 Å². The Bertz CT molecular complexity index is 1750. The first-order valence-electron chi connectivity index (χ1n) is 16.5. The van der Waals surface area contributed by atoms with Crippen molar-refractivity contribution in [1.82, 2.24) is 10.2 Å². The topological polar surface area (TPSA) is 86.8 Å². The maximum absolute atomic E-state index is 14.7. The third-order valence-electron chi connectivity index (χ3n) is 8.93. The quantitative estimate of drug-likeness (QED) is 0.181. The molecule has 0 spiro atoms. The summed E-state index contributed by atoms with van der Waals surface area (Å²) in [6, 6.07) is 30.4. The first-order valence-corrected chi connectivity index (χ1v) is 17.9. The molecule has 1 atom stereocenters. The van der Waals surface area contributed by atoms with E-state index in [-0.39, 0.29) is 23.4 Å². The number of carbonyl (C=O) groups is 2. The Morgan fingerprint density at radius 2 is 1.38 bits per heavy atom. The molecular formula is C39H45N3O4S. The summed E-state index contributed by atoms with van der Waals surface area (Å²) in [6.07, 6.45) is 5.38. The van der Waals surface area contributed by atoms with Gasteiger partial charge in [0.25, 0.3) is 10.0 Å². The van der Waals surface area contributed by atoms with Crippen LogP contribution in [0.5, 0.6) is 0 Å². The van der Waals surface area contributed by atoms with Gasteiger partial charge in [-0.3, -0.25) is 13.9 Å². The van der Waals surface area contributed by atoms with Gasteiger partial charge in [0.2, 0.25) is 11.8 Å². The molecule has 1 aliphatic rings. The van der Waals surface area contributed by atoms with Crippen molar-refractivity contribution in [2.45, 2.75) is 82.8 Å². The zero-order chi connectivity index (χ0) is 33.4. The zero-order valence-corrected chi connectivity index (χ0v) is 28.4. The zero-order valence-electron chi connectivity index (χ0n) is 27.6. The summed E-state index contributed by atoms with van der Waals surface area (Å²) in [4.78, 5) is 30.6. The Hall–Kier alpha value is -4.43. The van der Waals surface area contributed by atoms with Crippen LogP contribution in [0.2, 0.25) is 0 Å². The van der Waals surface area contributed by atoms with Crippen LogP contribution in [0.3, 0.4) is 0 Å². The fourth-order valence-corrected chi connectivity index (χ4v) is 7.81. The number of amides is 2. The molecule has 246 valence electrons. The van der Waals surface area contributed by atoms with E-state index in [9.17, 15) is 18.0 Å². The fraction of sp³-hybridized carbons (Fsp3) is 0.333. The molecule has 0 bridgehead atoms. The number of anilines is 1. The van der Waals surface area contributed by atoms with Crippen LogP contribution in [-0.4, -0.2) is 43.8 Å². The lowest BCUT2D eigenvalue weighted by molar-refractivity contribution is -0.140. The lowest BCUT2D eigenvalue weighted by atomic mass is 9.94. The molecule has 4 aromatic carbocycles. The number of nitrogens with zero attached hydrogens (tertiary/aromatic N) is 2. The van der Waals surface area contributed by atoms with Gasteiger partial charge < -0.3 is 10.2 Å². The molecule has 2 amide bonds. The Labute approximate surface area is 279 Å². The first-order chi connectivity index (χ1) is 22.6. The number of sulfonamides is 1. The molecule has 4 aromatic rings. The van der Waals surface area contributed by atoms with Crippen LogP contribution in [-0.2, 0) is 32.6 Å². The Morgan fingerprint density at radius 1 is 0.766 bits per heavy atom. The first kappa shape index (κ1) is 33.9. The lowest BCUT2D eigenvalue weighted by Gasteiger charge is -2.35. The van der Waals surface area contributed by atoms with Crippen molar-refractivity contribution in [3.8, 4) is 0 Å². The molecule has 1 fully saturated rings. The van der Waals surface area contributed by atoms with Gasteiger partial charge in [-0.05, 0) is 68.5 Å². The lowest BCUT2D eigenvalue weighted by Crippen LogP contribution is -2.55. The van der Waals surface area contributed by atoms with E-state index >= 15 is 0 Å². The predicted octanol–water partition coefficient (Wildman–Crippen LogP) is 6.90. The van der Waals surface area contributed by atoms with E-state index in [1.165, 1.54) is 16.4 Å². The Kier molecular flexibility index (Phi) is 11.1. The van der Waals surface area contributed by atoms with E-state index in [4.69, 9.17) is 0 Å². The third-order valence-corrected chi connectivity index (χ3v) is 10.7.